The number of carboxylic acid groups (broad SMARTS) is 1. The van der Waals surface area contributed by atoms with Gasteiger partial charge in [-0.3, -0.25) is 9.63 Å². The Morgan fingerprint density at radius 1 is 1.33 bits per heavy atom. The van der Waals surface area contributed by atoms with Crippen LogP contribution in [0.25, 0.3) is 0 Å². The number of nitrogens with one attached hydrogen (secondary N) is 1. The molecule has 0 bridgehead atoms. The molecule has 1 fully saturated rings. The van der Waals surface area contributed by atoms with Crippen molar-refractivity contribution in [1.82, 2.24) is 5.48 Å². The molecule has 0 saturated heterocycles. The molecule has 0 aromatic heterocycles. The van der Waals surface area contributed by atoms with Crippen LogP contribution in [0.15, 0.2) is 0 Å². The van der Waals surface area contributed by atoms with Gasteiger partial charge in [-0.05, 0) is 19.3 Å². The lowest BCUT2D eigenvalue weighted by atomic mass is 9.81. The summed E-state index contributed by atoms with van der Waals surface area (Å²) in [7, 11) is 0. The number of hydrogen-bond acceptors (Lipinski definition) is 3. The van der Waals surface area contributed by atoms with Crippen LogP contribution in [0.3, 0.4) is 0 Å². The Morgan fingerprint density at radius 3 is 2.56 bits per heavy atom. The van der Waals surface area contributed by atoms with Crippen molar-refractivity contribution in [3.8, 4) is 0 Å². The zero-order valence-electron chi connectivity index (χ0n) is 9.50. The summed E-state index contributed by atoms with van der Waals surface area (Å²) in [6, 6.07) is 0. The van der Waals surface area contributed by atoms with Gasteiger partial charge in [0.25, 0.3) is 0 Å². The summed E-state index contributed by atoms with van der Waals surface area (Å²) >= 11 is 0. The van der Waals surface area contributed by atoms with Gasteiger partial charge in [0.15, 0.2) is 6.61 Å². The number of carbonyl (C=O) groups excluding carboxylic acids is 1. The maximum Gasteiger partial charge on any atom is 0.391 e. The third-order valence-corrected chi connectivity index (χ3v) is 2.88. The second kappa shape index (κ2) is 6.03. The molecule has 0 radical (unpaired) electrons. The lowest BCUT2D eigenvalue weighted by molar-refractivity contribution is -0.187. The minimum absolute atomic E-state index is 0.0310. The quantitative estimate of drug-likeness (QED) is 0.758. The number of hydrogen-bond donors (Lipinski definition) is 2. The number of amides is 1. The van der Waals surface area contributed by atoms with E-state index in [1.54, 1.807) is 0 Å². The minimum atomic E-state index is -4.29. The van der Waals surface area contributed by atoms with E-state index in [9.17, 15) is 22.8 Å². The van der Waals surface area contributed by atoms with Crippen molar-refractivity contribution in [3.63, 3.8) is 0 Å². The largest absolute Gasteiger partial charge is 0.479 e. The van der Waals surface area contributed by atoms with Crippen LogP contribution in [0, 0.1) is 11.8 Å². The molecule has 0 heterocycles. The zero-order valence-corrected chi connectivity index (χ0v) is 9.50. The zero-order chi connectivity index (χ0) is 13.8. The van der Waals surface area contributed by atoms with Crippen LogP contribution in [-0.4, -0.2) is 29.8 Å². The summed E-state index contributed by atoms with van der Waals surface area (Å²) < 4.78 is 37.5. The monoisotopic (exact) mass is 269 g/mol. The van der Waals surface area contributed by atoms with E-state index in [0.29, 0.717) is 12.8 Å². The number of rotatable bonds is 4. The average Bonchev–Trinajstić information content (AvgIpc) is 2.27. The smallest absolute Gasteiger partial charge is 0.391 e. The summed E-state index contributed by atoms with van der Waals surface area (Å²) in [5, 5.41) is 8.26. The highest BCUT2D eigenvalue weighted by Gasteiger charge is 2.43. The Kier molecular flexibility index (Phi) is 4.94. The predicted molar refractivity (Wildman–Crippen MR) is 53.2 cm³/mol. The predicted octanol–water partition coefficient (Wildman–Crippen LogP) is 1.49. The summed E-state index contributed by atoms with van der Waals surface area (Å²) in [6.07, 6.45) is -3.86. The fourth-order valence-corrected chi connectivity index (χ4v) is 1.98. The van der Waals surface area contributed by atoms with E-state index in [1.807, 2.05) is 5.48 Å². The van der Waals surface area contributed by atoms with Gasteiger partial charge < -0.3 is 5.11 Å². The average molecular weight is 269 g/mol. The number of carboxylic acids is 1. The van der Waals surface area contributed by atoms with Gasteiger partial charge in [-0.15, -0.1) is 0 Å². The number of hydroxylamine groups is 1. The van der Waals surface area contributed by atoms with Crippen LogP contribution >= 0.6 is 0 Å². The van der Waals surface area contributed by atoms with Crippen molar-refractivity contribution in [1.29, 1.82) is 0 Å². The van der Waals surface area contributed by atoms with Crippen LogP contribution in [0.5, 0.6) is 0 Å². The SMILES string of the molecule is O=C(O)CONC(=O)C1CCCC(C(F)(F)F)C1. The topological polar surface area (TPSA) is 75.6 Å². The second-order valence-electron chi connectivity index (χ2n) is 4.25. The molecule has 18 heavy (non-hydrogen) atoms. The standard InChI is InChI=1S/C10H14F3NO4/c11-10(12,13)7-3-1-2-6(4-7)9(17)14-18-5-8(15)16/h6-7H,1-5H2,(H,14,17)(H,15,16). The van der Waals surface area contributed by atoms with Crippen molar-refractivity contribution in [2.75, 3.05) is 6.61 Å². The molecule has 8 heteroatoms. The second-order valence-corrected chi connectivity index (χ2v) is 4.25. The molecule has 0 aliphatic heterocycles. The summed E-state index contributed by atoms with van der Waals surface area (Å²) in [5.74, 6) is -4.21. The van der Waals surface area contributed by atoms with E-state index < -0.39 is 36.5 Å². The lowest BCUT2D eigenvalue weighted by Crippen LogP contribution is -2.38. The van der Waals surface area contributed by atoms with Gasteiger partial charge in [-0.25, -0.2) is 10.3 Å². The van der Waals surface area contributed by atoms with E-state index in [4.69, 9.17) is 5.11 Å². The van der Waals surface area contributed by atoms with E-state index in [2.05, 4.69) is 4.84 Å². The normalized spacial score (nSPS) is 24.6. The Labute approximate surface area is 101 Å². The van der Waals surface area contributed by atoms with Crippen molar-refractivity contribution >= 4 is 11.9 Å². The van der Waals surface area contributed by atoms with Gasteiger partial charge in [0.2, 0.25) is 5.91 Å². The van der Waals surface area contributed by atoms with E-state index in [0.717, 1.165) is 0 Å². The third kappa shape index (κ3) is 4.52. The van der Waals surface area contributed by atoms with E-state index in [1.165, 1.54) is 0 Å². The Morgan fingerprint density at radius 2 is 2.00 bits per heavy atom. The van der Waals surface area contributed by atoms with Crippen molar-refractivity contribution in [2.45, 2.75) is 31.9 Å². The molecular weight excluding hydrogens is 255 g/mol. The van der Waals surface area contributed by atoms with E-state index in [-0.39, 0.29) is 12.8 Å². The molecule has 0 aromatic carbocycles. The molecule has 1 saturated carbocycles. The number of aliphatic carboxylic acids is 1. The molecule has 2 unspecified atom stereocenters. The first kappa shape index (κ1) is 14.7. The molecule has 0 aromatic rings. The summed E-state index contributed by atoms with van der Waals surface area (Å²) in [6.45, 7) is -0.721. The maximum absolute atomic E-state index is 12.5. The Bertz CT molecular complexity index is 319. The van der Waals surface area contributed by atoms with Gasteiger partial charge in [0.1, 0.15) is 0 Å². The molecule has 1 aliphatic carbocycles. The molecule has 1 amide bonds. The summed E-state index contributed by atoms with van der Waals surface area (Å²) in [5.41, 5.74) is 1.87. The highest BCUT2D eigenvalue weighted by Crippen LogP contribution is 2.39. The van der Waals surface area contributed by atoms with Crippen LogP contribution in [0.4, 0.5) is 13.2 Å². The lowest BCUT2D eigenvalue weighted by Gasteiger charge is -2.29. The van der Waals surface area contributed by atoms with Crippen LogP contribution in [-0.2, 0) is 14.4 Å². The Hall–Kier alpha value is -1.31. The number of halogens is 3. The first-order valence-electron chi connectivity index (χ1n) is 5.51. The highest BCUT2D eigenvalue weighted by atomic mass is 19.4. The number of carbonyl (C=O) groups is 2. The van der Waals surface area contributed by atoms with Gasteiger partial charge in [0.05, 0.1) is 5.92 Å². The molecule has 1 aliphatic rings. The molecule has 2 N–H and O–H groups in total. The Balaban J connectivity index is 2.41. The van der Waals surface area contributed by atoms with Gasteiger partial charge in [-0.2, -0.15) is 13.2 Å². The molecule has 5 nitrogen and oxygen atoms in total. The van der Waals surface area contributed by atoms with Crippen molar-refractivity contribution in [3.05, 3.63) is 0 Å². The molecule has 1 rings (SSSR count). The van der Waals surface area contributed by atoms with Gasteiger partial charge in [0, 0.05) is 5.92 Å². The first-order chi connectivity index (χ1) is 8.30. The van der Waals surface area contributed by atoms with Gasteiger partial charge >= 0.3 is 12.1 Å². The van der Waals surface area contributed by atoms with Crippen LogP contribution in [0.2, 0.25) is 0 Å². The van der Waals surface area contributed by atoms with Crippen LogP contribution < -0.4 is 5.48 Å². The third-order valence-electron chi connectivity index (χ3n) is 2.88. The van der Waals surface area contributed by atoms with Gasteiger partial charge in [-0.1, -0.05) is 6.42 Å². The van der Waals surface area contributed by atoms with Crippen LogP contribution in [0.1, 0.15) is 25.7 Å². The molecule has 2 atom stereocenters. The first-order valence-corrected chi connectivity index (χ1v) is 5.51. The molecule has 0 spiro atoms. The summed E-state index contributed by atoms with van der Waals surface area (Å²) in [4.78, 5) is 25.9. The fourth-order valence-electron chi connectivity index (χ4n) is 1.98. The highest BCUT2D eigenvalue weighted by molar-refractivity contribution is 5.78. The fraction of sp³-hybridized carbons (Fsp3) is 0.800. The minimum Gasteiger partial charge on any atom is -0.479 e. The van der Waals surface area contributed by atoms with E-state index >= 15 is 0 Å². The maximum atomic E-state index is 12.5. The number of alkyl halides is 3. The molecular formula is C10H14F3NO4. The van der Waals surface area contributed by atoms with Crippen molar-refractivity contribution in [2.24, 2.45) is 11.8 Å². The van der Waals surface area contributed by atoms with Crippen molar-refractivity contribution < 1.29 is 32.7 Å². The molecule has 104 valence electrons.